The second kappa shape index (κ2) is 18.2. The third-order valence-electron chi connectivity index (χ3n) is 15.3. The van der Waals surface area contributed by atoms with E-state index in [9.17, 15) is 9.59 Å². The van der Waals surface area contributed by atoms with Crippen molar-refractivity contribution < 1.29 is 38.0 Å². The van der Waals surface area contributed by atoms with Crippen molar-refractivity contribution in [1.29, 1.82) is 0 Å². The number of esters is 2. The molecule has 18 heterocycles. The van der Waals surface area contributed by atoms with Crippen molar-refractivity contribution in [3.63, 3.8) is 0 Å². The molecule has 22 rings (SSSR count). The van der Waals surface area contributed by atoms with Crippen molar-refractivity contribution in [2.75, 3.05) is 53.6 Å². The van der Waals surface area contributed by atoms with Crippen molar-refractivity contribution in [1.82, 2.24) is 19.8 Å². The number of rotatable bonds is 4. The first kappa shape index (κ1) is 42.4. The lowest BCUT2D eigenvalue weighted by atomic mass is 9.72. The molecule has 340 valence electrons. The maximum atomic E-state index is 14.2. The van der Waals surface area contributed by atoms with Gasteiger partial charge in [-0.25, -0.2) is 9.59 Å². The molecular weight excluding hydrogens is 833 g/mol. The van der Waals surface area contributed by atoms with E-state index < -0.39 is 12.2 Å². The van der Waals surface area contributed by atoms with Crippen molar-refractivity contribution in [2.45, 2.75) is 62.8 Å². The Kier molecular flexibility index (Phi) is 11.7. The number of hydrogen-bond acceptors (Lipinski definition) is 12. The van der Waals surface area contributed by atoms with Crippen molar-refractivity contribution in [2.24, 2.45) is 23.7 Å². The first-order valence-corrected chi connectivity index (χ1v) is 23.6. The molecule has 6 fully saturated rings. The molecule has 66 heavy (non-hydrogen) atoms. The molecule has 0 radical (unpaired) electrons. The summed E-state index contributed by atoms with van der Waals surface area (Å²) in [5.41, 5.74) is 4.47. The Hall–Kier alpha value is -6.24. The molecule has 3 unspecified atom stereocenters. The lowest BCUT2D eigenvalue weighted by Crippen LogP contribution is -2.56. The minimum Gasteiger partial charge on any atom is -0.497 e. The van der Waals surface area contributed by atoms with Gasteiger partial charge in [0.05, 0.1) is 61.7 Å². The van der Waals surface area contributed by atoms with E-state index in [1.807, 2.05) is 109 Å². The topological polar surface area (TPSA) is 122 Å². The predicted molar refractivity (Wildman–Crippen MR) is 249 cm³/mol. The van der Waals surface area contributed by atoms with E-state index in [2.05, 4.69) is 19.8 Å². The van der Waals surface area contributed by atoms with Gasteiger partial charge in [0.1, 0.15) is 35.2 Å². The van der Waals surface area contributed by atoms with Gasteiger partial charge in [0.2, 0.25) is 0 Å². The summed E-state index contributed by atoms with van der Waals surface area (Å²) < 4.78 is 37.3. The Balaban J connectivity index is 0.887. The van der Waals surface area contributed by atoms with Crippen LogP contribution in [0.4, 0.5) is 0 Å². The predicted octanol–water partition coefficient (Wildman–Crippen LogP) is 9.27. The van der Waals surface area contributed by atoms with Crippen LogP contribution in [0.15, 0.2) is 109 Å². The highest BCUT2D eigenvalue weighted by molar-refractivity contribution is 5.91. The molecule has 12 nitrogen and oxygen atoms in total. The van der Waals surface area contributed by atoms with Crippen LogP contribution in [0.3, 0.4) is 0 Å². The third-order valence-corrected chi connectivity index (χ3v) is 15.3. The van der Waals surface area contributed by atoms with E-state index in [-0.39, 0.29) is 24.0 Å². The molecule has 2 aromatic heterocycles. The Morgan fingerprint density at radius 2 is 0.970 bits per heavy atom. The highest BCUT2D eigenvalue weighted by Crippen LogP contribution is 2.47. The highest BCUT2D eigenvalue weighted by atomic mass is 16.6. The fourth-order valence-corrected chi connectivity index (χ4v) is 11.8. The van der Waals surface area contributed by atoms with Crippen LogP contribution in [0.1, 0.15) is 82.6 Å². The number of aromatic nitrogens is 2. The van der Waals surface area contributed by atoms with Gasteiger partial charge in [0.25, 0.3) is 0 Å². The zero-order valence-electron chi connectivity index (χ0n) is 37.6. The van der Waals surface area contributed by atoms with Crippen molar-refractivity contribution in [3.8, 4) is 23.0 Å². The molecule has 0 spiro atoms. The number of fused-ring (bicyclic) bond motifs is 4. The van der Waals surface area contributed by atoms with E-state index in [1.54, 1.807) is 14.2 Å². The van der Waals surface area contributed by atoms with Gasteiger partial charge in [-0.3, -0.25) is 19.8 Å². The average Bonchev–Trinajstić information content (AvgIpc) is 3.37. The number of pyridine rings is 2. The molecule has 0 aliphatic carbocycles. The molecule has 0 N–H and O–H groups in total. The van der Waals surface area contributed by atoms with Crippen LogP contribution in [0, 0.1) is 23.7 Å². The van der Waals surface area contributed by atoms with Gasteiger partial charge in [-0.2, -0.15) is 0 Å². The van der Waals surface area contributed by atoms with E-state index in [0.717, 1.165) is 109 Å². The smallest absolute Gasteiger partial charge is 0.338 e. The van der Waals surface area contributed by atoms with Crippen LogP contribution < -0.4 is 18.9 Å². The summed E-state index contributed by atoms with van der Waals surface area (Å²) in [6.07, 6.45) is 8.29. The molecule has 10 atom stereocenters. The Morgan fingerprint density at radius 3 is 1.36 bits per heavy atom. The van der Waals surface area contributed by atoms with Gasteiger partial charge in [0, 0.05) is 47.4 Å². The zero-order valence-corrected chi connectivity index (χ0v) is 37.6. The van der Waals surface area contributed by atoms with Gasteiger partial charge in [0.15, 0.2) is 0 Å². The van der Waals surface area contributed by atoms with Crippen LogP contribution in [-0.4, -0.2) is 97.4 Å². The highest BCUT2D eigenvalue weighted by Gasteiger charge is 2.47. The number of methoxy groups -OCH3 is 2. The minimum absolute atomic E-state index is 0.00946. The lowest BCUT2D eigenvalue weighted by molar-refractivity contribution is -0.0684. The second-order valence-corrected chi connectivity index (χ2v) is 18.8. The normalized spacial score (nSPS) is 28.9. The molecule has 12 heteroatoms. The molecular formula is C54H56N4O8. The first-order valence-electron chi connectivity index (χ1n) is 23.6. The van der Waals surface area contributed by atoms with Gasteiger partial charge in [-0.1, -0.05) is 0 Å². The Labute approximate surface area is 385 Å². The van der Waals surface area contributed by atoms with E-state index in [1.165, 1.54) is 0 Å². The minimum atomic E-state index is -0.521. The van der Waals surface area contributed by atoms with Crippen LogP contribution >= 0.6 is 0 Å². The number of hydrogen-bond donors (Lipinski definition) is 0. The molecule has 6 saturated heterocycles. The fraction of sp³-hybridized carbons (Fsp3) is 0.407. The number of nitrogens with zero attached hydrogens (tertiary/aromatic N) is 4. The SMILES string of the molecule is COc1ccc2nccc([C@@H]3OC(=O)c4ccc(cc4)OCC[C@@H]4CN5CC[C@H]4C[C@@H]5[C@H](c4ccnc5ccc(OC)cc45)OC(=O)c4ccc(cc4)OCCC4CN5CC[C@H]4C[C@H]35)c2c1. The third kappa shape index (κ3) is 8.30. The molecule has 4 aromatic carbocycles. The molecule has 16 aliphatic heterocycles. The van der Waals surface area contributed by atoms with E-state index in [4.69, 9.17) is 28.4 Å². The summed E-state index contributed by atoms with van der Waals surface area (Å²) in [6, 6.07) is 30.4. The lowest BCUT2D eigenvalue weighted by Gasteiger charge is -2.52. The summed E-state index contributed by atoms with van der Waals surface area (Å²) in [5.74, 6) is 3.90. The number of benzene rings is 4. The average molecular weight is 889 g/mol. The van der Waals surface area contributed by atoms with Crippen molar-refractivity contribution in [3.05, 3.63) is 132 Å². The van der Waals surface area contributed by atoms with Gasteiger partial charge >= 0.3 is 11.9 Å². The summed E-state index contributed by atoms with van der Waals surface area (Å²) in [7, 11) is 3.32. The Bertz CT molecular complexity index is 2540. The van der Waals surface area contributed by atoms with Crippen LogP contribution in [0.25, 0.3) is 21.8 Å². The quantitative estimate of drug-likeness (QED) is 0.157. The molecule has 6 aromatic rings. The van der Waals surface area contributed by atoms with E-state index >= 15 is 0 Å². The second-order valence-electron chi connectivity index (χ2n) is 18.8. The number of piperidine rings is 6. The first-order chi connectivity index (χ1) is 32.4. The maximum absolute atomic E-state index is 14.2. The summed E-state index contributed by atoms with van der Waals surface area (Å²) in [4.78, 5) is 42.7. The summed E-state index contributed by atoms with van der Waals surface area (Å²) in [5, 5.41) is 1.83. The van der Waals surface area contributed by atoms with Gasteiger partial charge < -0.3 is 28.4 Å². The summed E-state index contributed by atoms with van der Waals surface area (Å²) >= 11 is 0. The van der Waals surface area contributed by atoms with Crippen LogP contribution in [0.2, 0.25) is 0 Å². The molecule has 12 bridgehead atoms. The fourth-order valence-electron chi connectivity index (χ4n) is 11.8. The molecule has 16 aliphatic rings. The zero-order chi connectivity index (χ0) is 44.7. The van der Waals surface area contributed by atoms with Crippen LogP contribution in [0.5, 0.6) is 23.0 Å². The number of ether oxygens (including phenoxy) is 6. The summed E-state index contributed by atoms with van der Waals surface area (Å²) in [6.45, 7) is 4.74. The molecule has 0 amide bonds. The largest absolute Gasteiger partial charge is 0.497 e. The van der Waals surface area contributed by atoms with Gasteiger partial charge in [-0.05, 0) is 172 Å². The Morgan fingerprint density at radius 1 is 0.530 bits per heavy atom. The van der Waals surface area contributed by atoms with E-state index in [0.29, 0.717) is 59.5 Å². The standard InChI is InChI=1S/C54H56N4O8/c1-61-41-11-13-47-45(29-41)43(15-21-55-47)51-49-27-35-17-23-57(49)31-37(35)19-25-63-40-9-5-34(6-10-40)54(60)66-52(44-16-22-56-48-14-12-42(62-2)30-46(44)48)50-28-36-18-24-58(50)32-38(36)20-26-64-39-7-3-33(4-8-39)53(59)65-51/h3-16,21-22,29-30,35-38,49-52H,17-20,23-28,31-32H2,1-2H3/t35-,36-,37+,38?,49+,50+,51-,52-/m0/s1. The monoisotopic (exact) mass is 888 g/mol. The van der Waals surface area contributed by atoms with Crippen LogP contribution in [-0.2, 0) is 9.47 Å². The molecule has 0 saturated carbocycles. The number of carbonyl (C=O) groups excluding carboxylic acids is 2. The van der Waals surface area contributed by atoms with Crippen molar-refractivity contribution >= 4 is 33.7 Å². The number of carbonyl (C=O) groups is 2. The maximum Gasteiger partial charge on any atom is 0.338 e. The van der Waals surface area contributed by atoms with Gasteiger partial charge in [-0.15, -0.1) is 0 Å².